The smallest absolute Gasteiger partial charge is 0.309 e. The molecule has 0 radical (unpaired) electrons. The van der Waals surface area contributed by atoms with Crippen molar-refractivity contribution in [1.82, 2.24) is 24.1 Å². The predicted octanol–water partition coefficient (Wildman–Crippen LogP) is 15.9. The maximum Gasteiger partial charge on any atom is 0.416 e. The molecule has 9 nitrogen and oxygen atoms in total. The van der Waals surface area contributed by atoms with Crippen LogP contribution in [0.15, 0.2) is 188 Å². The molecule has 0 aliphatic rings. The molecule has 0 N–H and O–H groups in total. The minimum atomic E-state index is -4.86. The summed E-state index contributed by atoms with van der Waals surface area (Å²) in [4.78, 5) is 14.6. The summed E-state index contributed by atoms with van der Waals surface area (Å²) in [7, 11) is 0. The van der Waals surface area contributed by atoms with Gasteiger partial charge in [-0.15, -0.1) is 0 Å². The molecule has 0 atom stereocenters. The first-order valence-corrected chi connectivity index (χ1v) is 23.9. The fourth-order valence-corrected chi connectivity index (χ4v) is 10.2. The number of nitrogens with zero attached hydrogens (tertiary/aromatic N) is 9. The van der Waals surface area contributed by atoms with Gasteiger partial charge in [0.05, 0.1) is 91.1 Å². The van der Waals surface area contributed by atoms with Gasteiger partial charge < -0.3 is 9.13 Å². The van der Waals surface area contributed by atoms with Crippen LogP contribution < -0.4 is 0 Å². The van der Waals surface area contributed by atoms with Crippen LogP contribution in [0.1, 0.15) is 33.4 Å². The molecule has 0 aliphatic heterocycles. The van der Waals surface area contributed by atoms with E-state index in [1.54, 1.807) is 100 Å². The van der Waals surface area contributed by atoms with Gasteiger partial charge in [-0.25, -0.2) is 15.0 Å². The second-order valence-corrected chi connectivity index (χ2v) is 18.3. The Hall–Kier alpha value is -10.9. The van der Waals surface area contributed by atoms with Crippen molar-refractivity contribution in [3.63, 3.8) is 0 Å². The molecule has 0 amide bonds. The Balaban J connectivity index is 1.12. The average Bonchev–Trinajstić information content (AvgIpc) is 4.00. The van der Waals surface area contributed by atoms with Crippen molar-refractivity contribution in [3.8, 4) is 92.1 Å². The van der Waals surface area contributed by atoms with Crippen LogP contribution in [0.5, 0.6) is 0 Å². The number of para-hydroxylation sites is 2. The molecule has 3 aromatic heterocycles. The Morgan fingerprint density at radius 1 is 0.321 bits per heavy atom. The fraction of sp³-hybridized carbons (Fsp3) is 0.0317. The highest BCUT2D eigenvalue weighted by atomic mass is 19.4. The largest absolute Gasteiger partial charge is 0.416 e. The van der Waals surface area contributed by atoms with E-state index in [-0.39, 0.29) is 62.2 Å². The van der Waals surface area contributed by atoms with Crippen LogP contribution in [0.25, 0.3) is 111 Å². The van der Waals surface area contributed by atoms with Gasteiger partial charge in [-0.05, 0) is 131 Å². The van der Waals surface area contributed by atoms with Crippen molar-refractivity contribution < 1.29 is 26.3 Å². The number of nitriles is 4. The van der Waals surface area contributed by atoms with Crippen molar-refractivity contribution in [2.45, 2.75) is 12.4 Å². The second kappa shape index (κ2) is 18.5. The van der Waals surface area contributed by atoms with Gasteiger partial charge in [-0.2, -0.15) is 47.4 Å². The van der Waals surface area contributed by atoms with Gasteiger partial charge in [0.15, 0.2) is 17.5 Å². The number of rotatable bonds is 7. The lowest BCUT2D eigenvalue weighted by Crippen LogP contribution is -2.10. The first kappa shape index (κ1) is 48.1. The standard InChI is InChI=1S/C63H31F6N9/c64-62(65,66)45-16-20-57(77-53-12-6-4-10-47(53)49-28-41(14-18-55(49)77)43-24-36(32-70)22-37(25-43)33-71)51(30-45)60-74-59(40-8-2-1-3-9-40)75-61(76-60)52-31-46(63(67,68)69)17-21-58(52)78-54-13-7-5-11-48(54)50-29-42(15-19-56(50)78)44-26-38(34-72)23-39(27-44)35-73/h1-31H. The van der Waals surface area contributed by atoms with Gasteiger partial charge in [-0.1, -0.05) is 78.9 Å². The zero-order chi connectivity index (χ0) is 54.0. The van der Waals surface area contributed by atoms with Gasteiger partial charge in [0, 0.05) is 38.2 Å². The molecule has 12 rings (SSSR count). The van der Waals surface area contributed by atoms with Crippen LogP contribution in [0.4, 0.5) is 26.3 Å². The van der Waals surface area contributed by atoms with E-state index in [1.165, 1.54) is 24.3 Å². The number of benzene rings is 9. The lowest BCUT2D eigenvalue weighted by atomic mass is 9.99. The van der Waals surface area contributed by atoms with E-state index in [4.69, 9.17) is 15.0 Å². The van der Waals surface area contributed by atoms with E-state index < -0.39 is 23.5 Å². The van der Waals surface area contributed by atoms with Crippen LogP contribution in [-0.2, 0) is 12.4 Å². The number of fused-ring (bicyclic) bond motifs is 6. The van der Waals surface area contributed by atoms with Crippen LogP contribution in [-0.4, -0.2) is 24.1 Å². The summed E-state index contributed by atoms with van der Waals surface area (Å²) in [5.41, 5.74) is 4.49. The summed E-state index contributed by atoms with van der Waals surface area (Å²) in [5.74, 6) is -0.577. The van der Waals surface area contributed by atoms with E-state index in [0.717, 1.165) is 24.3 Å². The summed E-state index contributed by atoms with van der Waals surface area (Å²) in [5, 5.41) is 41.8. The van der Waals surface area contributed by atoms with E-state index in [2.05, 4.69) is 24.3 Å². The Morgan fingerprint density at radius 3 is 1.09 bits per heavy atom. The predicted molar refractivity (Wildman–Crippen MR) is 285 cm³/mol. The van der Waals surface area contributed by atoms with Crippen LogP contribution in [0.2, 0.25) is 0 Å². The zero-order valence-electron chi connectivity index (χ0n) is 40.2. The Labute approximate surface area is 439 Å². The number of halogens is 6. The molecule has 0 unspecified atom stereocenters. The van der Waals surface area contributed by atoms with E-state index in [0.29, 0.717) is 71.4 Å². The van der Waals surface area contributed by atoms with Crippen LogP contribution >= 0.6 is 0 Å². The molecular formula is C63H31F6N9. The van der Waals surface area contributed by atoms with Crippen molar-refractivity contribution in [1.29, 1.82) is 21.0 Å². The molecular weight excluding hydrogens is 997 g/mol. The topological polar surface area (TPSA) is 144 Å². The van der Waals surface area contributed by atoms with Gasteiger partial charge in [0.2, 0.25) is 0 Å². The summed E-state index contributed by atoms with van der Waals surface area (Å²) in [6.07, 6.45) is -9.72. The molecule has 78 heavy (non-hydrogen) atoms. The van der Waals surface area contributed by atoms with Crippen LogP contribution in [0.3, 0.4) is 0 Å². The van der Waals surface area contributed by atoms with E-state index in [9.17, 15) is 21.0 Å². The third-order valence-electron chi connectivity index (χ3n) is 13.7. The number of hydrogen-bond acceptors (Lipinski definition) is 7. The third kappa shape index (κ3) is 8.35. The monoisotopic (exact) mass is 1030 g/mol. The highest BCUT2D eigenvalue weighted by Crippen LogP contribution is 2.44. The SMILES string of the molecule is N#Cc1cc(C#N)cc(-c2ccc3c(c2)c2ccccc2n3-c2ccc(C(F)(F)F)cc2-c2nc(-c3ccccc3)nc(-c3cc(C(F)(F)F)ccc3-n3c4ccccc4c4cc(-c5cc(C#N)cc(C#N)c5)ccc43)n2)c1. The minimum Gasteiger partial charge on any atom is -0.309 e. The maximum absolute atomic E-state index is 15.0. The van der Waals surface area contributed by atoms with Crippen molar-refractivity contribution >= 4 is 43.6 Å². The van der Waals surface area contributed by atoms with Gasteiger partial charge >= 0.3 is 12.4 Å². The maximum atomic E-state index is 15.0. The molecule has 0 saturated heterocycles. The molecule has 12 aromatic rings. The van der Waals surface area contributed by atoms with E-state index >= 15 is 26.3 Å². The summed E-state index contributed by atoms with van der Waals surface area (Å²) in [6.45, 7) is 0. The first-order valence-electron chi connectivity index (χ1n) is 23.9. The number of alkyl halides is 6. The molecule has 0 spiro atoms. The summed E-state index contributed by atoms with van der Waals surface area (Å²) < 4.78 is 93.8. The molecule has 3 heterocycles. The normalized spacial score (nSPS) is 11.7. The van der Waals surface area contributed by atoms with E-state index in [1.807, 2.05) is 48.5 Å². The highest BCUT2D eigenvalue weighted by Gasteiger charge is 2.34. The molecule has 0 fully saturated rings. The molecule has 9 aromatic carbocycles. The lowest BCUT2D eigenvalue weighted by Gasteiger charge is -2.19. The van der Waals surface area contributed by atoms with Gasteiger partial charge in [-0.3, -0.25) is 0 Å². The van der Waals surface area contributed by atoms with Crippen molar-refractivity contribution in [2.24, 2.45) is 0 Å². The summed E-state index contributed by atoms with van der Waals surface area (Å²) in [6, 6.07) is 58.4. The quantitative estimate of drug-likeness (QED) is 0.145. The number of hydrogen-bond donors (Lipinski definition) is 0. The molecule has 0 saturated carbocycles. The lowest BCUT2D eigenvalue weighted by molar-refractivity contribution is -0.138. The number of aromatic nitrogens is 5. The molecule has 15 heteroatoms. The third-order valence-corrected chi connectivity index (χ3v) is 13.7. The van der Waals surface area contributed by atoms with Crippen LogP contribution in [0, 0.1) is 45.3 Å². The first-order chi connectivity index (χ1) is 37.7. The summed E-state index contributed by atoms with van der Waals surface area (Å²) >= 11 is 0. The minimum absolute atomic E-state index is 0.0336. The Morgan fingerprint density at radius 2 is 0.692 bits per heavy atom. The molecule has 370 valence electrons. The van der Waals surface area contributed by atoms with Gasteiger partial charge in [0.25, 0.3) is 0 Å². The second-order valence-electron chi connectivity index (χ2n) is 18.3. The van der Waals surface area contributed by atoms with Gasteiger partial charge in [0.1, 0.15) is 0 Å². The highest BCUT2D eigenvalue weighted by molar-refractivity contribution is 6.12. The average molecular weight is 1030 g/mol. The Bertz CT molecular complexity index is 4320. The zero-order valence-corrected chi connectivity index (χ0v) is 40.2. The Kier molecular flexibility index (Phi) is 11.4. The van der Waals surface area contributed by atoms with Crippen molar-refractivity contribution in [2.75, 3.05) is 0 Å². The molecule has 0 aliphatic carbocycles. The fourth-order valence-electron chi connectivity index (χ4n) is 10.2. The molecule has 0 bridgehead atoms. The van der Waals surface area contributed by atoms with Crippen molar-refractivity contribution in [3.05, 3.63) is 221 Å².